The van der Waals surface area contributed by atoms with Gasteiger partial charge >= 0.3 is 91.0 Å². The molecule has 0 bridgehead atoms. The summed E-state index contributed by atoms with van der Waals surface area (Å²) in [5.41, 5.74) is -1.19. The van der Waals surface area contributed by atoms with Crippen molar-refractivity contribution in [3.8, 4) is 0 Å². The van der Waals surface area contributed by atoms with Gasteiger partial charge in [0, 0.05) is 0 Å². The van der Waals surface area contributed by atoms with Crippen molar-refractivity contribution in [2.75, 3.05) is 0 Å². The van der Waals surface area contributed by atoms with Crippen LogP contribution in [0.2, 0.25) is 0 Å². The van der Waals surface area contributed by atoms with E-state index in [9.17, 15) is 20.4 Å². The van der Waals surface area contributed by atoms with Crippen LogP contribution in [0, 0.1) is 21.7 Å². The predicted octanol–water partition coefficient (Wildman–Crippen LogP) is 1.09. The Hall–Kier alpha value is 2.80. The molecule has 0 saturated carbocycles. The van der Waals surface area contributed by atoms with E-state index in [2.05, 4.69) is 0 Å². The first-order chi connectivity index (χ1) is 11.1. The van der Waals surface area contributed by atoms with Crippen LogP contribution in [0.25, 0.3) is 0 Å². The fourth-order valence-corrected chi connectivity index (χ4v) is 1.80. The molecule has 0 amide bonds. The van der Waals surface area contributed by atoms with Crippen molar-refractivity contribution in [1.82, 2.24) is 0 Å². The molecule has 0 aliphatic heterocycles. The topological polar surface area (TPSA) is 92.2 Å². The summed E-state index contributed by atoms with van der Waals surface area (Å²) in [5.74, 6) is 0. The van der Waals surface area contributed by atoms with E-state index in [1.807, 2.05) is 83.1 Å². The minimum absolute atomic E-state index is 0. The summed E-state index contributed by atoms with van der Waals surface area (Å²) in [6, 6.07) is 0. The van der Waals surface area contributed by atoms with Crippen molar-refractivity contribution < 1.29 is 20.4 Å². The van der Waals surface area contributed by atoms with Gasteiger partial charge in [-0.1, -0.05) is 118 Å². The summed E-state index contributed by atoms with van der Waals surface area (Å²) < 4.78 is 0. The Balaban J connectivity index is -0.000000192. The molecule has 4 unspecified atom stereocenters. The second-order valence-electron chi connectivity index (χ2n) is 11.9. The molecule has 0 heterocycles. The summed E-state index contributed by atoms with van der Waals surface area (Å²) >= 11 is 0. The third kappa shape index (κ3) is 18.4. The Morgan fingerprint density at radius 2 is 0.500 bits per heavy atom. The molecule has 160 valence electrons. The Kier molecular flexibility index (Phi) is 20.2. The van der Waals surface area contributed by atoms with Crippen molar-refractivity contribution >= 4 is 91.0 Å². The molecule has 28 heavy (non-hydrogen) atoms. The fraction of sp³-hybridized carbons (Fsp3) is 1.00. The van der Waals surface area contributed by atoms with Gasteiger partial charge in [-0.25, -0.2) is 0 Å². The van der Waals surface area contributed by atoms with Crippen LogP contribution in [0.3, 0.4) is 0 Å². The van der Waals surface area contributed by atoms with E-state index in [0.29, 0.717) is 0 Å². The molecule has 0 radical (unpaired) electrons. The molecule has 4 nitrogen and oxygen atoms in total. The molecule has 0 fully saturated rings. The summed E-state index contributed by atoms with van der Waals surface area (Å²) in [6.07, 6.45) is -2.56. The quantitative estimate of drug-likeness (QED) is 0.493. The van der Waals surface area contributed by atoms with Crippen molar-refractivity contribution in [2.45, 2.75) is 120 Å². The Bertz CT molecular complexity index is 313. The van der Waals surface area contributed by atoms with Crippen LogP contribution in [0.1, 0.15) is 95.9 Å². The van der Waals surface area contributed by atoms with Crippen molar-refractivity contribution in [1.29, 1.82) is 0 Å². The van der Waals surface area contributed by atoms with Gasteiger partial charge in [-0.05, 0) is 0 Å². The maximum absolute atomic E-state index is 11.6. The first-order valence-corrected chi connectivity index (χ1v) is 9.73. The molecule has 6 heteroatoms. The Morgan fingerprint density at radius 3 is 0.571 bits per heavy atom. The average Bonchev–Trinajstić information content (AvgIpc) is 2.34. The van der Waals surface area contributed by atoms with Crippen LogP contribution in [0.5, 0.6) is 0 Å². The van der Waals surface area contributed by atoms with E-state index in [1.54, 1.807) is 0 Å². The van der Waals surface area contributed by atoms with E-state index in [0.717, 1.165) is 0 Å². The molecule has 0 rings (SSSR count). The smallest absolute Gasteiger partial charge is 0.852 e. The van der Waals surface area contributed by atoms with Gasteiger partial charge in [-0.2, -0.15) is 0 Å². The predicted molar refractivity (Wildman–Crippen MR) is 114 cm³/mol. The zero-order valence-electron chi connectivity index (χ0n) is 20.8. The van der Waals surface area contributed by atoms with Gasteiger partial charge in [0.05, 0.1) is 0 Å². The second-order valence-corrected chi connectivity index (χ2v) is 11.9. The SMILES string of the molecule is CC(C)(C)C([O-])CC([O-])C(C)(C)C.CC(C)(C)C([O-])CC([O-])C(C)(C)C.[Sr+2].[Sr+2]. The molecule has 0 aliphatic carbocycles. The van der Waals surface area contributed by atoms with Gasteiger partial charge in [0.2, 0.25) is 0 Å². The Labute approximate surface area is 249 Å². The monoisotopic (exact) mass is 548 g/mol. The van der Waals surface area contributed by atoms with Gasteiger partial charge in [-0.15, -0.1) is 24.4 Å². The number of hydrogen-bond donors (Lipinski definition) is 0. The zero-order valence-corrected chi connectivity index (χ0v) is 27.7. The summed E-state index contributed by atoms with van der Waals surface area (Å²) in [5, 5.41) is 46.4. The van der Waals surface area contributed by atoms with Crippen LogP contribution in [-0.4, -0.2) is 115 Å². The van der Waals surface area contributed by atoms with Crippen molar-refractivity contribution in [3.63, 3.8) is 0 Å². The summed E-state index contributed by atoms with van der Waals surface area (Å²) in [7, 11) is 0. The van der Waals surface area contributed by atoms with E-state index in [4.69, 9.17) is 0 Å². The van der Waals surface area contributed by atoms with Crippen LogP contribution >= 0.6 is 0 Å². The maximum Gasteiger partial charge on any atom is 2.00 e. The number of rotatable bonds is 4. The van der Waals surface area contributed by atoms with E-state index >= 15 is 0 Å². The molecule has 0 aliphatic rings. The van der Waals surface area contributed by atoms with Gasteiger partial charge in [0.1, 0.15) is 0 Å². The van der Waals surface area contributed by atoms with Gasteiger partial charge in [0.15, 0.2) is 0 Å². The molecule has 0 spiro atoms. The number of hydrogen-bond acceptors (Lipinski definition) is 4. The second kappa shape index (κ2) is 14.8. The van der Waals surface area contributed by atoms with E-state index < -0.39 is 24.4 Å². The summed E-state index contributed by atoms with van der Waals surface area (Å²) in [4.78, 5) is 0. The molecule has 0 N–H and O–H groups in total. The maximum atomic E-state index is 11.6. The molecule has 0 aromatic carbocycles. The van der Waals surface area contributed by atoms with Crippen LogP contribution in [0.4, 0.5) is 0 Å². The van der Waals surface area contributed by atoms with Gasteiger partial charge in [-0.3, -0.25) is 0 Å². The Morgan fingerprint density at radius 1 is 0.393 bits per heavy atom. The van der Waals surface area contributed by atoms with Crippen LogP contribution < -0.4 is 20.4 Å². The normalized spacial score (nSPS) is 17.1. The first-order valence-electron chi connectivity index (χ1n) is 9.73. The standard InChI is InChI=1S/2C11H22O2.2Sr/c2*1-10(2,3)8(12)7-9(13)11(4,5)6;;/h2*8-9H,7H2,1-6H3;;/q2*-2;2*+2. The molecular weight excluding hydrogens is 503 g/mol. The van der Waals surface area contributed by atoms with Crippen LogP contribution in [-0.2, 0) is 0 Å². The third-order valence-electron chi connectivity index (χ3n) is 4.72. The molecule has 4 atom stereocenters. The zero-order chi connectivity index (χ0) is 21.7. The minimum Gasteiger partial charge on any atom is -0.852 e. The first kappa shape index (κ1) is 38.1. The molecular formula is C22H44O4Sr2. The van der Waals surface area contributed by atoms with Gasteiger partial charge in [0.25, 0.3) is 0 Å². The minimum atomic E-state index is -0.755. The van der Waals surface area contributed by atoms with Crippen molar-refractivity contribution in [2.24, 2.45) is 21.7 Å². The molecule has 0 saturated heterocycles. The summed E-state index contributed by atoms with van der Waals surface area (Å²) in [6.45, 7) is 22.7. The third-order valence-corrected chi connectivity index (χ3v) is 4.72. The van der Waals surface area contributed by atoms with Gasteiger partial charge < -0.3 is 20.4 Å². The molecule has 0 aromatic heterocycles. The van der Waals surface area contributed by atoms with E-state index in [1.165, 1.54) is 0 Å². The van der Waals surface area contributed by atoms with E-state index in [-0.39, 0.29) is 125 Å². The van der Waals surface area contributed by atoms with Crippen LogP contribution in [0.15, 0.2) is 0 Å². The largest absolute Gasteiger partial charge is 2.00 e. The molecule has 0 aromatic rings. The fourth-order valence-electron chi connectivity index (χ4n) is 1.80. The average molecular weight is 548 g/mol. The van der Waals surface area contributed by atoms with Crippen molar-refractivity contribution in [3.05, 3.63) is 0 Å².